The van der Waals surface area contributed by atoms with Gasteiger partial charge in [0, 0.05) is 20.2 Å². The average molecular weight is 329 g/mol. The molecule has 1 aromatic rings. The highest BCUT2D eigenvalue weighted by atomic mass is 16.6. The van der Waals surface area contributed by atoms with Crippen molar-refractivity contribution < 1.29 is 19.1 Å². The molecule has 24 heavy (non-hydrogen) atoms. The fourth-order valence-corrected chi connectivity index (χ4v) is 3.58. The van der Waals surface area contributed by atoms with E-state index in [1.165, 1.54) is 6.92 Å². The summed E-state index contributed by atoms with van der Waals surface area (Å²) in [5, 5.41) is 0. The van der Waals surface area contributed by atoms with Gasteiger partial charge in [0.15, 0.2) is 0 Å². The van der Waals surface area contributed by atoms with Crippen LogP contribution >= 0.6 is 0 Å². The molecule has 1 aromatic carbocycles. The Kier molecular flexibility index (Phi) is 5.00. The van der Waals surface area contributed by atoms with Crippen molar-refractivity contribution in [1.29, 1.82) is 0 Å². The second-order valence-electron chi connectivity index (χ2n) is 6.32. The summed E-state index contributed by atoms with van der Waals surface area (Å²) in [6.07, 6.45) is 6.36. The van der Waals surface area contributed by atoms with Gasteiger partial charge in [0.05, 0.1) is 18.6 Å². The molecule has 1 aliphatic heterocycles. The van der Waals surface area contributed by atoms with Crippen molar-refractivity contribution in [3.8, 4) is 0 Å². The Labute approximate surface area is 142 Å². The highest BCUT2D eigenvalue weighted by molar-refractivity contribution is 5.80. The van der Waals surface area contributed by atoms with Crippen LogP contribution in [0.5, 0.6) is 0 Å². The van der Waals surface area contributed by atoms with Gasteiger partial charge in [-0.2, -0.15) is 0 Å². The number of ether oxygens (including phenoxy) is 2. The standard InChI is InChI=1S/C19H23NO4/c1-13(21)20-11-10-14-6-3-4-7-15(14)16(20)12-19(22)24-18-9-5-8-17(18)23-2/h3-4,6-7,10-11,16-18H,5,8-9,12H2,1-2H3/t16-,17-,18+/m1/s1. The minimum absolute atomic E-state index is 0.0172. The first-order valence-corrected chi connectivity index (χ1v) is 8.38. The quantitative estimate of drug-likeness (QED) is 0.797. The van der Waals surface area contributed by atoms with Crippen LogP contribution in [0.2, 0.25) is 0 Å². The molecule has 5 heteroatoms. The predicted molar refractivity (Wildman–Crippen MR) is 89.9 cm³/mol. The van der Waals surface area contributed by atoms with Crippen LogP contribution in [0, 0.1) is 0 Å². The van der Waals surface area contributed by atoms with Crippen LogP contribution in [0.1, 0.15) is 49.8 Å². The summed E-state index contributed by atoms with van der Waals surface area (Å²) in [4.78, 5) is 26.0. The first kappa shape index (κ1) is 16.7. The van der Waals surface area contributed by atoms with E-state index >= 15 is 0 Å². The molecule has 0 aromatic heterocycles. The summed E-state index contributed by atoms with van der Waals surface area (Å²) >= 11 is 0. The lowest BCUT2D eigenvalue weighted by Crippen LogP contribution is -2.34. The van der Waals surface area contributed by atoms with Gasteiger partial charge in [0.2, 0.25) is 5.91 Å². The van der Waals surface area contributed by atoms with Gasteiger partial charge < -0.3 is 14.4 Å². The zero-order valence-corrected chi connectivity index (χ0v) is 14.1. The summed E-state index contributed by atoms with van der Waals surface area (Å²) in [5.41, 5.74) is 2.00. The second-order valence-corrected chi connectivity index (χ2v) is 6.32. The van der Waals surface area contributed by atoms with Crippen molar-refractivity contribution in [3.05, 3.63) is 41.6 Å². The van der Waals surface area contributed by atoms with E-state index in [4.69, 9.17) is 9.47 Å². The molecule has 2 aliphatic rings. The van der Waals surface area contributed by atoms with Gasteiger partial charge in [-0.25, -0.2) is 0 Å². The summed E-state index contributed by atoms with van der Waals surface area (Å²) in [6.45, 7) is 1.51. The molecule has 3 atom stereocenters. The van der Waals surface area contributed by atoms with Gasteiger partial charge in [-0.15, -0.1) is 0 Å². The molecule has 1 amide bonds. The molecule has 128 valence electrons. The number of carbonyl (C=O) groups excluding carboxylic acids is 2. The van der Waals surface area contributed by atoms with E-state index in [9.17, 15) is 9.59 Å². The van der Waals surface area contributed by atoms with Crippen molar-refractivity contribution >= 4 is 18.0 Å². The maximum atomic E-state index is 12.5. The number of nitrogens with zero attached hydrogens (tertiary/aromatic N) is 1. The zero-order valence-electron chi connectivity index (χ0n) is 14.1. The molecule has 0 spiro atoms. The molecule has 1 saturated carbocycles. The molecule has 1 heterocycles. The van der Waals surface area contributed by atoms with E-state index in [1.54, 1.807) is 18.2 Å². The van der Waals surface area contributed by atoms with Gasteiger partial charge in [-0.05, 0) is 36.5 Å². The fourth-order valence-electron chi connectivity index (χ4n) is 3.58. The molecule has 0 unspecified atom stereocenters. The number of hydrogen-bond donors (Lipinski definition) is 0. The first-order chi connectivity index (χ1) is 11.6. The number of benzene rings is 1. The maximum Gasteiger partial charge on any atom is 0.308 e. The van der Waals surface area contributed by atoms with Crippen molar-refractivity contribution in [2.75, 3.05) is 7.11 Å². The van der Waals surface area contributed by atoms with Crippen LogP contribution < -0.4 is 0 Å². The number of methoxy groups -OCH3 is 1. The molecule has 0 N–H and O–H groups in total. The fraction of sp³-hybridized carbons (Fsp3) is 0.474. The number of hydrogen-bond acceptors (Lipinski definition) is 4. The van der Waals surface area contributed by atoms with Gasteiger partial charge in [0.25, 0.3) is 0 Å². The van der Waals surface area contributed by atoms with Crippen LogP contribution in [-0.4, -0.2) is 36.1 Å². The Morgan fingerprint density at radius 2 is 1.96 bits per heavy atom. The molecule has 5 nitrogen and oxygen atoms in total. The predicted octanol–water partition coefficient (Wildman–Crippen LogP) is 3.06. The van der Waals surface area contributed by atoms with Crippen LogP contribution in [0.4, 0.5) is 0 Å². The molecular weight excluding hydrogens is 306 g/mol. The Morgan fingerprint density at radius 1 is 1.21 bits per heavy atom. The molecule has 0 saturated heterocycles. The monoisotopic (exact) mass is 329 g/mol. The van der Waals surface area contributed by atoms with Crippen LogP contribution in [0.25, 0.3) is 6.08 Å². The Balaban J connectivity index is 1.75. The third-order valence-corrected chi connectivity index (χ3v) is 4.81. The van der Waals surface area contributed by atoms with E-state index in [-0.39, 0.29) is 36.5 Å². The number of amides is 1. The summed E-state index contributed by atoms with van der Waals surface area (Å²) in [6, 6.07) is 7.49. The maximum absolute atomic E-state index is 12.5. The smallest absolute Gasteiger partial charge is 0.308 e. The highest BCUT2D eigenvalue weighted by Crippen LogP contribution is 2.34. The number of fused-ring (bicyclic) bond motifs is 1. The van der Waals surface area contributed by atoms with Crippen LogP contribution in [0.15, 0.2) is 30.5 Å². The minimum atomic E-state index is -0.321. The summed E-state index contributed by atoms with van der Waals surface area (Å²) in [5.74, 6) is -0.375. The van der Waals surface area contributed by atoms with Gasteiger partial charge in [-0.3, -0.25) is 9.59 Å². The zero-order chi connectivity index (χ0) is 17.1. The Morgan fingerprint density at radius 3 is 2.71 bits per heavy atom. The van der Waals surface area contributed by atoms with E-state index in [2.05, 4.69) is 0 Å². The van der Waals surface area contributed by atoms with Gasteiger partial charge in [0.1, 0.15) is 6.10 Å². The third-order valence-electron chi connectivity index (χ3n) is 4.81. The first-order valence-electron chi connectivity index (χ1n) is 8.38. The molecule has 3 rings (SSSR count). The van der Waals surface area contributed by atoms with Crippen molar-refractivity contribution in [3.63, 3.8) is 0 Å². The second kappa shape index (κ2) is 7.18. The van der Waals surface area contributed by atoms with Gasteiger partial charge in [-0.1, -0.05) is 24.3 Å². The number of carbonyl (C=O) groups is 2. The molecule has 1 fully saturated rings. The third kappa shape index (κ3) is 3.36. The molecule has 0 bridgehead atoms. The highest BCUT2D eigenvalue weighted by Gasteiger charge is 2.33. The topological polar surface area (TPSA) is 55.8 Å². The Bertz CT molecular complexity index is 655. The SMILES string of the molecule is CO[C@@H]1CCC[C@@H]1OC(=O)C[C@@H]1c2ccccc2C=CN1C(C)=O. The van der Waals surface area contributed by atoms with E-state index in [0.29, 0.717) is 0 Å². The van der Waals surface area contributed by atoms with Crippen LogP contribution in [-0.2, 0) is 19.1 Å². The van der Waals surface area contributed by atoms with E-state index in [0.717, 1.165) is 30.4 Å². The molecule has 1 aliphatic carbocycles. The summed E-state index contributed by atoms with van der Waals surface area (Å²) < 4.78 is 11.0. The average Bonchev–Trinajstić information content (AvgIpc) is 3.01. The van der Waals surface area contributed by atoms with Crippen LogP contribution in [0.3, 0.4) is 0 Å². The van der Waals surface area contributed by atoms with Gasteiger partial charge >= 0.3 is 5.97 Å². The lowest BCUT2D eigenvalue weighted by molar-refractivity contribution is -0.156. The normalized spacial score (nSPS) is 25.4. The van der Waals surface area contributed by atoms with E-state index < -0.39 is 0 Å². The van der Waals surface area contributed by atoms with Crippen molar-refractivity contribution in [2.24, 2.45) is 0 Å². The largest absolute Gasteiger partial charge is 0.460 e. The van der Waals surface area contributed by atoms with Crippen molar-refractivity contribution in [2.45, 2.75) is 50.9 Å². The lowest BCUT2D eigenvalue weighted by atomic mass is 9.94. The van der Waals surface area contributed by atoms with E-state index in [1.807, 2.05) is 30.3 Å². The number of rotatable bonds is 4. The molecular formula is C19H23NO4. The lowest BCUT2D eigenvalue weighted by Gasteiger charge is -2.32. The number of esters is 1. The van der Waals surface area contributed by atoms with Crippen molar-refractivity contribution in [1.82, 2.24) is 4.90 Å². The Hall–Kier alpha value is -2.14. The summed E-state index contributed by atoms with van der Waals surface area (Å²) in [7, 11) is 1.65. The molecule has 0 radical (unpaired) electrons. The minimum Gasteiger partial charge on any atom is -0.460 e.